The number of fused-ring (bicyclic) bond motifs is 2. The van der Waals surface area contributed by atoms with E-state index < -0.39 is 0 Å². The van der Waals surface area contributed by atoms with Crippen molar-refractivity contribution in [3.8, 4) is 12.1 Å². The number of nitriles is 2. The highest BCUT2D eigenvalue weighted by Gasteiger charge is 2.34. The maximum atomic E-state index is 12.3. The van der Waals surface area contributed by atoms with Gasteiger partial charge in [0.1, 0.15) is 0 Å². The highest BCUT2D eigenvalue weighted by Crippen LogP contribution is 2.21. The molecule has 1 amide bonds. The molecule has 2 aromatic rings. The number of amides is 1. The molecular formula is C24H25N5O2. The number of carbonyl (C=O) groups excluding carboxylic acids is 1. The number of nitrogens with one attached hydrogen (secondary N) is 1. The zero-order chi connectivity index (χ0) is 21.6. The Hall–Kier alpha value is -3.23. The Morgan fingerprint density at radius 2 is 1.65 bits per heavy atom. The Bertz CT molecular complexity index is 994. The van der Waals surface area contributed by atoms with E-state index in [-0.39, 0.29) is 18.1 Å². The Morgan fingerprint density at radius 3 is 2.32 bits per heavy atom. The van der Waals surface area contributed by atoms with Gasteiger partial charge in [-0.15, -0.1) is 0 Å². The average Bonchev–Trinajstić information content (AvgIpc) is 2.78. The third kappa shape index (κ3) is 5.48. The summed E-state index contributed by atoms with van der Waals surface area (Å²) in [7, 11) is 0. The molecule has 2 unspecified atom stereocenters. The Balaban J connectivity index is 1.23. The highest BCUT2D eigenvalue weighted by atomic mass is 16.5. The van der Waals surface area contributed by atoms with Gasteiger partial charge in [-0.2, -0.15) is 10.5 Å². The first-order valence-corrected chi connectivity index (χ1v) is 10.5. The molecule has 158 valence electrons. The molecule has 2 fully saturated rings. The minimum atomic E-state index is -0.122. The second kappa shape index (κ2) is 9.72. The topological polar surface area (TPSA) is 92.4 Å². The number of benzene rings is 2. The van der Waals surface area contributed by atoms with Gasteiger partial charge in [0.2, 0.25) is 0 Å². The van der Waals surface area contributed by atoms with E-state index in [0.29, 0.717) is 23.2 Å². The van der Waals surface area contributed by atoms with Crippen molar-refractivity contribution < 1.29 is 9.53 Å². The summed E-state index contributed by atoms with van der Waals surface area (Å²) in [5, 5.41) is 20.9. The molecule has 7 nitrogen and oxygen atoms in total. The molecule has 0 spiro atoms. The van der Waals surface area contributed by atoms with Crippen LogP contribution in [0.4, 0.5) is 0 Å². The van der Waals surface area contributed by atoms with Crippen LogP contribution in [0.3, 0.4) is 0 Å². The fraction of sp³-hybridized carbons (Fsp3) is 0.375. The number of rotatable bonds is 6. The predicted molar refractivity (Wildman–Crippen MR) is 115 cm³/mol. The molecule has 0 aliphatic carbocycles. The summed E-state index contributed by atoms with van der Waals surface area (Å²) in [6.45, 7) is 5.59. The van der Waals surface area contributed by atoms with E-state index in [2.05, 4.69) is 33.3 Å². The normalized spacial score (nSPS) is 21.1. The van der Waals surface area contributed by atoms with Gasteiger partial charge in [0, 0.05) is 51.4 Å². The molecule has 2 bridgehead atoms. The standard InChI is InChI=1S/C24H25N5O2/c25-11-18-4-6-21(7-5-18)24(30)27-8-9-28-14-22-16-29(17-23(15-28)31-22)13-20-3-1-2-19(10-20)12-26/h1-7,10,22-23H,8-9,13-17H2,(H,27,30). The maximum Gasteiger partial charge on any atom is 0.251 e. The van der Waals surface area contributed by atoms with Gasteiger partial charge in [-0.05, 0) is 42.0 Å². The quantitative estimate of drug-likeness (QED) is 0.773. The summed E-state index contributed by atoms with van der Waals surface area (Å²) in [5.41, 5.74) is 2.96. The van der Waals surface area contributed by atoms with E-state index >= 15 is 0 Å². The highest BCUT2D eigenvalue weighted by molar-refractivity contribution is 5.94. The lowest BCUT2D eigenvalue weighted by atomic mass is 10.1. The summed E-state index contributed by atoms with van der Waals surface area (Å²) >= 11 is 0. The average molecular weight is 415 g/mol. The third-order valence-electron chi connectivity index (χ3n) is 5.68. The second-order valence-electron chi connectivity index (χ2n) is 8.09. The number of carbonyl (C=O) groups is 1. The fourth-order valence-electron chi connectivity index (χ4n) is 4.30. The molecule has 0 aromatic heterocycles. The number of nitrogens with zero attached hydrogens (tertiary/aromatic N) is 4. The zero-order valence-corrected chi connectivity index (χ0v) is 17.3. The van der Waals surface area contributed by atoms with Gasteiger partial charge >= 0.3 is 0 Å². The molecule has 31 heavy (non-hydrogen) atoms. The summed E-state index contributed by atoms with van der Waals surface area (Å²) in [4.78, 5) is 17.0. The molecule has 2 aromatic carbocycles. The van der Waals surface area contributed by atoms with Gasteiger partial charge in [0.25, 0.3) is 5.91 Å². The molecule has 0 saturated carbocycles. The van der Waals surface area contributed by atoms with Crippen molar-refractivity contribution in [2.75, 3.05) is 39.3 Å². The minimum Gasteiger partial charge on any atom is -0.370 e. The SMILES string of the molecule is N#Cc1ccc(C(=O)NCCN2CC3CN(Cc4cccc(C#N)c4)CC(C2)O3)cc1. The van der Waals surface area contributed by atoms with Crippen LogP contribution < -0.4 is 5.32 Å². The van der Waals surface area contributed by atoms with Crippen molar-refractivity contribution in [2.24, 2.45) is 0 Å². The maximum absolute atomic E-state index is 12.3. The Morgan fingerprint density at radius 1 is 0.968 bits per heavy atom. The number of hydrogen-bond acceptors (Lipinski definition) is 6. The zero-order valence-electron chi connectivity index (χ0n) is 17.3. The van der Waals surface area contributed by atoms with Crippen LogP contribution in [0.15, 0.2) is 48.5 Å². The van der Waals surface area contributed by atoms with E-state index in [1.165, 1.54) is 0 Å². The number of hydrogen-bond donors (Lipinski definition) is 1. The van der Waals surface area contributed by atoms with Gasteiger partial charge in [0.15, 0.2) is 0 Å². The van der Waals surface area contributed by atoms with Crippen LogP contribution in [0.1, 0.15) is 27.0 Å². The Labute approximate surface area is 182 Å². The van der Waals surface area contributed by atoms with Crippen molar-refractivity contribution in [2.45, 2.75) is 18.8 Å². The molecule has 0 radical (unpaired) electrons. The molecule has 2 aliphatic heterocycles. The predicted octanol–water partition coefficient (Wildman–Crippen LogP) is 1.74. The molecule has 1 N–H and O–H groups in total. The first-order chi connectivity index (χ1) is 15.1. The molecular weight excluding hydrogens is 390 g/mol. The van der Waals surface area contributed by atoms with Crippen LogP contribution >= 0.6 is 0 Å². The van der Waals surface area contributed by atoms with E-state index in [4.69, 9.17) is 15.3 Å². The van der Waals surface area contributed by atoms with Crippen LogP contribution in [-0.4, -0.2) is 67.2 Å². The molecule has 2 aliphatic rings. The number of ether oxygens (including phenoxy) is 1. The van der Waals surface area contributed by atoms with E-state index in [9.17, 15) is 4.79 Å². The molecule has 2 atom stereocenters. The summed E-state index contributed by atoms with van der Waals surface area (Å²) < 4.78 is 6.13. The van der Waals surface area contributed by atoms with Gasteiger partial charge in [-0.3, -0.25) is 14.6 Å². The molecule has 4 rings (SSSR count). The summed E-state index contributed by atoms with van der Waals surface area (Å²) in [5.74, 6) is -0.122. The summed E-state index contributed by atoms with van der Waals surface area (Å²) in [6.07, 6.45) is 0.307. The van der Waals surface area contributed by atoms with Gasteiger partial charge in [0.05, 0.1) is 35.5 Å². The van der Waals surface area contributed by atoms with Crippen molar-refractivity contribution >= 4 is 5.91 Å². The van der Waals surface area contributed by atoms with Crippen molar-refractivity contribution in [3.05, 3.63) is 70.8 Å². The smallest absolute Gasteiger partial charge is 0.251 e. The molecule has 7 heteroatoms. The second-order valence-corrected chi connectivity index (χ2v) is 8.09. The minimum absolute atomic E-state index is 0.122. The molecule has 2 heterocycles. The Kier molecular flexibility index (Phi) is 6.59. The first-order valence-electron chi connectivity index (χ1n) is 10.5. The van der Waals surface area contributed by atoms with Gasteiger partial charge < -0.3 is 10.1 Å². The van der Waals surface area contributed by atoms with E-state index in [0.717, 1.165) is 44.8 Å². The lowest BCUT2D eigenvalue weighted by Crippen LogP contribution is -2.59. The monoisotopic (exact) mass is 415 g/mol. The van der Waals surface area contributed by atoms with Crippen molar-refractivity contribution in [3.63, 3.8) is 0 Å². The van der Waals surface area contributed by atoms with Crippen LogP contribution in [0.5, 0.6) is 0 Å². The van der Waals surface area contributed by atoms with Gasteiger partial charge in [-0.25, -0.2) is 0 Å². The fourth-order valence-corrected chi connectivity index (χ4v) is 4.30. The van der Waals surface area contributed by atoms with Crippen LogP contribution in [0, 0.1) is 22.7 Å². The van der Waals surface area contributed by atoms with Crippen molar-refractivity contribution in [1.82, 2.24) is 15.1 Å². The summed E-state index contributed by atoms with van der Waals surface area (Å²) in [6, 6.07) is 18.7. The molecule has 2 saturated heterocycles. The van der Waals surface area contributed by atoms with Gasteiger partial charge in [-0.1, -0.05) is 12.1 Å². The van der Waals surface area contributed by atoms with Crippen molar-refractivity contribution in [1.29, 1.82) is 10.5 Å². The lowest BCUT2D eigenvalue weighted by Gasteiger charge is -2.46. The first kappa shape index (κ1) is 21.0. The van der Waals surface area contributed by atoms with Crippen LogP contribution in [-0.2, 0) is 11.3 Å². The third-order valence-corrected chi connectivity index (χ3v) is 5.68. The van der Waals surface area contributed by atoms with E-state index in [1.54, 1.807) is 24.3 Å². The van der Waals surface area contributed by atoms with Crippen LogP contribution in [0.2, 0.25) is 0 Å². The van der Waals surface area contributed by atoms with Crippen LogP contribution in [0.25, 0.3) is 0 Å². The largest absolute Gasteiger partial charge is 0.370 e. The van der Waals surface area contributed by atoms with E-state index in [1.807, 2.05) is 18.2 Å². The number of morpholine rings is 2. The lowest BCUT2D eigenvalue weighted by molar-refractivity contribution is -0.139.